The molecule has 1 aliphatic rings. The number of nitrogens with one attached hydrogen (secondary N) is 1. The van der Waals surface area contributed by atoms with Gasteiger partial charge in [0, 0.05) is 30.4 Å². The first kappa shape index (κ1) is 16.5. The number of nitriles is 1. The largest absolute Gasteiger partial charge is 0.322 e. The number of amides is 2. The third kappa shape index (κ3) is 4.12. The Morgan fingerprint density at radius 1 is 1.20 bits per heavy atom. The third-order valence-corrected chi connectivity index (χ3v) is 3.96. The molecule has 2 aromatic rings. The van der Waals surface area contributed by atoms with Crippen LogP contribution in [0.1, 0.15) is 24.0 Å². The van der Waals surface area contributed by atoms with Gasteiger partial charge >= 0.3 is 0 Å². The molecule has 5 heteroatoms. The van der Waals surface area contributed by atoms with Crippen LogP contribution in [0.3, 0.4) is 0 Å². The topological polar surface area (TPSA) is 73.2 Å². The highest BCUT2D eigenvalue weighted by molar-refractivity contribution is 6.02. The summed E-state index contributed by atoms with van der Waals surface area (Å²) in [5.41, 5.74) is 2.83. The van der Waals surface area contributed by atoms with Gasteiger partial charge in [-0.3, -0.25) is 9.59 Å². The first-order chi connectivity index (χ1) is 12.2. The van der Waals surface area contributed by atoms with Crippen LogP contribution in [0.25, 0.3) is 6.08 Å². The van der Waals surface area contributed by atoms with Crippen molar-refractivity contribution in [3.63, 3.8) is 0 Å². The molecule has 0 bridgehead atoms. The molecule has 0 aromatic heterocycles. The summed E-state index contributed by atoms with van der Waals surface area (Å²) < 4.78 is 0. The number of rotatable bonds is 4. The minimum atomic E-state index is -0.270. The van der Waals surface area contributed by atoms with Crippen molar-refractivity contribution in [3.05, 3.63) is 65.7 Å². The van der Waals surface area contributed by atoms with Gasteiger partial charge in [0.05, 0.1) is 11.6 Å². The second-order valence-corrected chi connectivity index (χ2v) is 5.76. The smallest absolute Gasteiger partial charge is 0.248 e. The molecule has 25 heavy (non-hydrogen) atoms. The zero-order valence-corrected chi connectivity index (χ0v) is 13.6. The van der Waals surface area contributed by atoms with Crippen LogP contribution < -0.4 is 10.2 Å². The number of benzene rings is 2. The van der Waals surface area contributed by atoms with Crippen molar-refractivity contribution in [2.75, 3.05) is 16.8 Å². The van der Waals surface area contributed by atoms with Crippen molar-refractivity contribution in [1.82, 2.24) is 0 Å². The second-order valence-electron chi connectivity index (χ2n) is 5.76. The molecule has 1 aliphatic heterocycles. The van der Waals surface area contributed by atoms with E-state index in [4.69, 9.17) is 5.26 Å². The summed E-state index contributed by atoms with van der Waals surface area (Å²) in [4.78, 5) is 25.5. The molecule has 0 radical (unpaired) electrons. The molecule has 124 valence electrons. The van der Waals surface area contributed by atoms with E-state index >= 15 is 0 Å². The summed E-state index contributed by atoms with van der Waals surface area (Å²) in [6, 6.07) is 16.3. The molecule has 2 amide bonds. The molecule has 0 aliphatic carbocycles. The molecule has 0 unspecified atom stereocenters. The van der Waals surface area contributed by atoms with Gasteiger partial charge < -0.3 is 10.2 Å². The van der Waals surface area contributed by atoms with Crippen molar-refractivity contribution in [3.8, 4) is 6.07 Å². The van der Waals surface area contributed by atoms with E-state index in [0.29, 0.717) is 17.7 Å². The van der Waals surface area contributed by atoms with Gasteiger partial charge in [0.2, 0.25) is 11.8 Å². The maximum atomic E-state index is 12.0. The van der Waals surface area contributed by atoms with Gasteiger partial charge in [0.25, 0.3) is 0 Å². The second kappa shape index (κ2) is 7.45. The van der Waals surface area contributed by atoms with E-state index in [2.05, 4.69) is 5.32 Å². The molecule has 0 atom stereocenters. The summed E-state index contributed by atoms with van der Waals surface area (Å²) in [5, 5.41) is 11.6. The van der Waals surface area contributed by atoms with Crippen LogP contribution in [0.2, 0.25) is 0 Å². The Balaban J connectivity index is 1.62. The normalized spacial score (nSPS) is 13.9. The quantitative estimate of drug-likeness (QED) is 0.873. The minimum Gasteiger partial charge on any atom is -0.322 e. The lowest BCUT2D eigenvalue weighted by atomic mass is 10.2. The SMILES string of the molecule is N#Cc1cccc(NC(=O)/C=C/c2ccc(N3CCCC3=O)cc2)c1. The van der Waals surface area contributed by atoms with Gasteiger partial charge in [-0.2, -0.15) is 5.26 Å². The number of nitrogens with zero attached hydrogens (tertiary/aromatic N) is 2. The summed E-state index contributed by atoms with van der Waals surface area (Å²) in [7, 11) is 0. The van der Waals surface area contributed by atoms with Crippen LogP contribution in [0.5, 0.6) is 0 Å². The standard InChI is InChI=1S/C20H17N3O2/c21-14-16-3-1-4-17(13-16)22-19(24)11-8-15-6-9-18(10-7-15)23-12-2-5-20(23)25/h1,3-4,6-11,13H,2,5,12H2,(H,22,24)/b11-8+. The van der Waals surface area contributed by atoms with Gasteiger partial charge in [0.1, 0.15) is 0 Å². The van der Waals surface area contributed by atoms with E-state index < -0.39 is 0 Å². The molecule has 1 saturated heterocycles. The maximum absolute atomic E-state index is 12.0. The Morgan fingerprint density at radius 3 is 2.68 bits per heavy atom. The average molecular weight is 331 g/mol. The average Bonchev–Trinajstić information content (AvgIpc) is 3.06. The van der Waals surface area contributed by atoms with Crippen LogP contribution >= 0.6 is 0 Å². The molecule has 0 saturated carbocycles. The molecule has 2 aromatic carbocycles. The summed E-state index contributed by atoms with van der Waals surface area (Å²) in [6.45, 7) is 0.762. The molecule has 0 spiro atoms. The van der Waals surface area contributed by atoms with Crippen molar-refractivity contribution in [1.29, 1.82) is 5.26 Å². The summed E-state index contributed by atoms with van der Waals surface area (Å²) in [6.07, 6.45) is 4.65. The van der Waals surface area contributed by atoms with Crippen LogP contribution in [0, 0.1) is 11.3 Å². The number of carbonyl (C=O) groups excluding carboxylic acids is 2. The predicted molar refractivity (Wildman–Crippen MR) is 96.8 cm³/mol. The van der Waals surface area contributed by atoms with Gasteiger partial charge in [-0.15, -0.1) is 0 Å². The van der Waals surface area contributed by atoms with Crippen LogP contribution in [-0.2, 0) is 9.59 Å². The van der Waals surface area contributed by atoms with Crippen LogP contribution in [-0.4, -0.2) is 18.4 Å². The molecular formula is C20H17N3O2. The highest BCUT2D eigenvalue weighted by atomic mass is 16.2. The van der Waals surface area contributed by atoms with Gasteiger partial charge in [-0.25, -0.2) is 0 Å². The molecular weight excluding hydrogens is 314 g/mol. The monoisotopic (exact) mass is 331 g/mol. The number of carbonyl (C=O) groups is 2. The van der Waals surface area contributed by atoms with Crippen molar-refractivity contribution in [2.45, 2.75) is 12.8 Å². The van der Waals surface area contributed by atoms with Gasteiger partial charge in [0.15, 0.2) is 0 Å². The Hall–Kier alpha value is -3.39. The Labute approximate surface area is 146 Å². The van der Waals surface area contributed by atoms with E-state index in [1.807, 2.05) is 30.3 Å². The lowest BCUT2D eigenvalue weighted by Crippen LogP contribution is -2.23. The zero-order valence-electron chi connectivity index (χ0n) is 13.6. The maximum Gasteiger partial charge on any atom is 0.248 e. The Kier molecular flexibility index (Phi) is 4.91. The molecule has 1 N–H and O–H groups in total. The van der Waals surface area contributed by atoms with Crippen molar-refractivity contribution in [2.24, 2.45) is 0 Å². The fourth-order valence-corrected chi connectivity index (χ4v) is 2.71. The Morgan fingerprint density at radius 2 is 2.00 bits per heavy atom. The fraction of sp³-hybridized carbons (Fsp3) is 0.150. The lowest BCUT2D eigenvalue weighted by Gasteiger charge is -2.15. The first-order valence-electron chi connectivity index (χ1n) is 8.05. The summed E-state index contributed by atoms with van der Waals surface area (Å²) in [5.74, 6) is -0.115. The minimum absolute atomic E-state index is 0.155. The number of hydrogen-bond acceptors (Lipinski definition) is 3. The highest BCUT2D eigenvalue weighted by Gasteiger charge is 2.21. The molecule has 3 rings (SSSR count). The van der Waals surface area contributed by atoms with E-state index in [1.165, 1.54) is 6.08 Å². The fourth-order valence-electron chi connectivity index (χ4n) is 2.71. The van der Waals surface area contributed by atoms with Gasteiger partial charge in [-0.1, -0.05) is 18.2 Å². The van der Waals surface area contributed by atoms with E-state index in [1.54, 1.807) is 35.2 Å². The molecule has 5 nitrogen and oxygen atoms in total. The van der Waals surface area contributed by atoms with Crippen molar-refractivity contribution >= 4 is 29.3 Å². The van der Waals surface area contributed by atoms with Crippen LogP contribution in [0.15, 0.2) is 54.6 Å². The highest BCUT2D eigenvalue weighted by Crippen LogP contribution is 2.22. The van der Waals surface area contributed by atoms with Gasteiger partial charge in [-0.05, 0) is 48.4 Å². The lowest BCUT2D eigenvalue weighted by molar-refractivity contribution is -0.117. The predicted octanol–water partition coefficient (Wildman–Crippen LogP) is 3.34. The van der Waals surface area contributed by atoms with E-state index in [-0.39, 0.29) is 11.8 Å². The molecule has 1 fully saturated rings. The summed E-state index contributed by atoms with van der Waals surface area (Å²) >= 11 is 0. The molecule has 1 heterocycles. The van der Waals surface area contributed by atoms with Crippen molar-refractivity contribution < 1.29 is 9.59 Å². The number of hydrogen-bond donors (Lipinski definition) is 1. The number of anilines is 2. The zero-order chi connectivity index (χ0) is 17.6. The Bertz CT molecular complexity index is 863. The van der Waals surface area contributed by atoms with E-state index in [9.17, 15) is 9.59 Å². The van der Waals surface area contributed by atoms with Crippen LogP contribution in [0.4, 0.5) is 11.4 Å². The van der Waals surface area contributed by atoms with E-state index in [0.717, 1.165) is 24.2 Å². The third-order valence-electron chi connectivity index (χ3n) is 3.96. The first-order valence-corrected chi connectivity index (χ1v) is 8.05.